The second-order valence-electron chi connectivity index (χ2n) is 20.0. The summed E-state index contributed by atoms with van der Waals surface area (Å²) in [6.07, 6.45) is 88.7. The van der Waals surface area contributed by atoms with Crippen LogP contribution in [0, 0.1) is 0 Å². The van der Waals surface area contributed by atoms with Crippen LogP contribution in [-0.4, -0.2) is 34.9 Å². The average Bonchev–Trinajstić information content (AvgIpc) is 3.35. The topological polar surface area (TPSA) is 69.6 Å². The molecule has 4 nitrogen and oxygen atoms in total. The summed E-state index contributed by atoms with van der Waals surface area (Å²) in [6, 6.07) is -0.642. The molecule has 1 amide bonds. The van der Waals surface area contributed by atoms with Crippen molar-refractivity contribution >= 4 is 5.91 Å². The van der Waals surface area contributed by atoms with Crippen LogP contribution in [0.3, 0.4) is 0 Å². The molecule has 0 heterocycles. The maximum Gasteiger partial charge on any atom is 0.220 e. The van der Waals surface area contributed by atoms with Crippen molar-refractivity contribution in [2.45, 2.75) is 302 Å². The highest BCUT2D eigenvalue weighted by atomic mass is 16.3. The molecule has 0 saturated carbocycles. The number of amides is 1. The zero-order valence-corrected chi connectivity index (χ0v) is 45.8. The minimum atomic E-state index is -0.865. The number of aliphatic hydroxyl groups excluding tert-OH is 2. The van der Waals surface area contributed by atoms with Crippen LogP contribution in [0.15, 0.2) is 97.2 Å². The van der Waals surface area contributed by atoms with Crippen LogP contribution in [0.2, 0.25) is 0 Å². The first-order valence-electron chi connectivity index (χ1n) is 30.0. The molecule has 0 aromatic heterocycles. The smallest absolute Gasteiger partial charge is 0.220 e. The first-order chi connectivity index (χ1) is 34.2. The Balaban J connectivity index is 3.49. The van der Waals surface area contributed by atoms with E-state index >= 15 is 0 Å². The van der Waals surface area contributed by atoms with Crippen molar-refractivity contribution in [2.24, 2.45) is 0 Å². The van der Waals surface area contributed by atoms with Gasteiger partial charge in [-0.1, -0.05) is 297 Å². The summed E-state index contributed by atoms with van der Waals surface area (Å²) in [7, 11) is 0. The molecule has 0 fully saturated rings. The number of allylic oxidation sites excluding steroid dienone is 15. The first-order valence-corrected chi connectivity index (χ1v) is 30.0. The summed E-state index contributed by atoms with van der Waals surface area (Å²) in [6.45, 7) is 4.19. The third kappa shape index (κ3) is 56.1. The van der Waals surface area contributed by atoms with E-state index in [0.29, 0.717) is 6.42 Å². The third-order valence-corrected chi connectivity index (χ3v) is 13.3. The van der Waals surface area contributed by atoms with Gasteiger partial charge in [-0.3, -0.25) is 4.79 Å². The lowest BCUT2D eigenvalue weighted by Crippen LogP contribution is -2.45. The van der Waals surface area contributed by atoms with Crippen molar-refractivity contribution in [1.29, 1.82) is 0 Å². The van der Waals surface area contributed by atoms with E-state index in [1.165, 1.54) is 199 Å². The SMILES string of the molecule is CC/C=C\C/C=C\C/C=C\C/C=C\C/C=C\C/C=C\CCCCCCCCCCCCCCCCCCCCCCC(=O)NC(CO)C(O)/C=C/CC/C=C/CCCCCCCCCCCCCC. The van der Waals surface area contributed by atoms with E-state index in [-0.39, 0.29) is 12.5 Å². The van der Waals surface area contributed by atoms with Gasteiger partial charge in [0.2, 0.25) is 5.91 Å². The molecule has 0 saturated heterocycles. The fourth-order valence-corrected chi connectivity index (χ4v) is 8.79. The number of aliphatic hydroxyl groups is 2. The molecule has 0 aromatic rings. The minimum absolute atomic E-state index is 0.0723. The lowest BCUT2D eigenvalue weighted by atomic mass is 10.0. The summed E-state index contributed by atoms with van der Waals surface area (Å²) in [5, 5.41) is 23.1. The molecule has 0 spiro atoms. The highest BCUT2D eigenvalue weighted by molar-refractivity contribution is 5.76. The summed E-state index contributed by atoms with van der Waals surface area (Å²) >= 11 is 0. The molecule has 0 bridgehead atoms. The van der Waals surface area contributed by atoms with Gasteiger partial charge < -0.3 is 15.5 Å². The van der Waals surface area contributed by atoms with Crippen molar-refractivity contribution < 1.29 is 15.0 Å². The van der Waals surface area contributed by atoms with Crippen LogP contribution < -0.4 is 5.32 Å². The van der Waals surface area contributed by atoms with E-state index in [2.05, 4.69) is 104 Å². The maximum atomic E-state index is 12.5. The van der Waals surface area contributed by atoms with E-state index in [9.17, 15) is 15.0 Å². The molecule has 2 unspecified atom stereocenters. The third-order valence-electron chi connectivity index (χ3n) is 13.3. The quantitative estimate of drug-likeness (QED) is 0.0420. The summed E-state index contributed by atoms with van der Waals surface area (Å²) in [5.41, 5.74) is 0. The Morgan fingerprint density at radius 2 is 0.652 bits per heavy atom. The van der Waals surface area contributed by atoms with Crippen LogP contribution >= 0.6 is 0 Å². The Morgan fingerprint density at radius 1 is 0.362 bits per heavy atom. The second-order valence-corrected chi connectivity index (χ2v) is 20.0. The van der Waals surface area contributed by atoms with Gasteiger partial charge in [-0.15, -0.1) is 0 Å². The van der Waals surface area contributed by atoms with E-state index in [1.807, 2.05) is 6.08 Å². The van der Waals surface area contributed by atoms with Gasteiger partial charge in [-0.05, 0) is 83.5 Å². The van der Waals surface area contributed by atoms with Crippen molar-refractivity contribution in [2.75, 3.05) is 6.61 Å². The number of nitrogens with one attached hydrogen (secondary N) is 1. The monoisotopic (exact) mass is 958 g/mol. The molecular formula is C65H115NO3. The predicted molar refractivity (Wildman–Crippen MR) is 308 cm³/mol. The largest absolute Gasteiger partial charge is 0.394 e. The molecule has 0 aliphatic carbocycles. The Kier molecular flexibility index (Phi) is 57.3. The van der Waals surface area contributed by atoms with Crippen molar-refractivity contribution in [1.82, 2.24) is 5.32 Å². The van der Waals surface area contributed by atoms with Gasteiger partial charge in [0.1, 0.15) is 0 Å². The molecule has 0 aliphatic heterocycles. The molecule has 0 rings (SSSR count). The highest BCUT2D eigenvalue weighted by Gasteiger charge is 2.18. The molecule has 398 valence electrons. The number of hydrogen-bond acceptors (Lipinski definition) is 3. The lowest BCUT2D eigenvalue weighted by molar-refractivity contribution is -0.123. The fraction of sp³-hybridized carbons (Fsp3) is 0.738. The van der Waals surface area contributed by atoms with E-state index in [1.54, 1.807) is 6.08 Å². The highest BCUT2D eigenvalue weighted by Crippen LogP contribution is 2.17. The maximum absolute atomic E-state index is 12.5. The van der Waals surface area contributed by atoms with Crippen molar-refractivity contribution in [3.8, 4) is 0 Å². The van der Waals surface area contributed by atoms with E-state index < -0.39 is 12.1 Å². The molecule has 4 heteroatoms. The summed E-state index contributed by atoms with van der Waals surface area (Å²) in [5.74, 6) is -0.0723. The van der Waals surface area contributed by atoms with Gasteiger partial charge in [0.05, 0.1) is 18.8 Å². The van der Waals surface area contributed by atoms with Gasteiger partial charge >= 0.3 is 0 Å². The first kappa shape index (κ1) is 66.3. The number of carbonyl (C=O) groups is 1. The molecular weight excluding hydrogens is 843 g/mol. The zero-order valence-electron chi connectivity index (χ0n) is 45.8. The predicted octanol–water partition coefficient (Wildman–Crippen LogP) is 20.1. The van der Waals surface area contributed by atoms with Crippen LogP contribution in [-0.2, 0) is 4.79 Å². The number of rotatable bonds is 54. The Bertz CT molecular complexity index is 1270. The summed E-state index contributed by atoms with van der Waals surface area (Å²) in [4.78, 5) is 12.5. The second kappa shape index (κ2) is 59.6. The molecule has 0 radical (unpaired) electrons. The van der Waals surface area contributed by atoms with Crippen LogP contribution in [0.1, 0.15) is 290 Å². The van der Waals surface area contributed by atoms with Gasteiger partial charge in [0.15, 0.2) is 0 Å². The molecule has 2 atom stereocenters. The van der Waals surface area contributed by atoms with Gasteiger partial charge in [0.25, 0.3) is 0 Å². The van der Waals surface area contributed by atoms with Crippen molar-refractivity contribution in [3.63, 3.8) is 0 Å². The normalized spacial score (nSPS) is 13.5. The fourth-order valence-electron chi connectivity index (χ4n) is 8.79. The van der Waals surface area contributed by atoms with E-state index in [0.717, 1.165) is 70.6 Å². The zero-order chi connectivity index (χ0) is 49.9. The van der Waals surface area contributed by atoms with Crippen molar-refractivity contribution in [3.05, 3.63) is 97.2 Å². The van der Waals surface area contributed by atoms with Gasteiger partial charge in [-0.25, -0.2) is 0 Å². The molecule has 3 N–H and O–H groups in total. The lowest BCUT2D eigenvalue weighted by Gasteiger charge is -2.19. The molecule has 69 heavy (non-hydrogen) atoms. The molecule has 0 aliphatic rings. The van der Waals surface area contributed by atoms with E-state index in [4.69, 9.17) is 0 Å². The summed E-state index contributed by atoms with van der Waals surface area (Å²) < 4.78 is 0. The molecule has 0 aromatic carbocycles. The average molecular weight is 959 g/mol. The Labute approximate surface area is 430 Å². The van der Waals surface area contributed by atoms with Crippen LogP contribution in [0.5, 0.6) is 0 Å². The number of carbonyl (C=O) groups excluding carboxylic acids is 1. The van der Waals surface area contributed by atoms with Crippen LogP contribution in [0.4, 0.5) is 0 Å². The Hall–Kier alpha value is -2.69. The van der Waals surface area contributed by atoms with Crippen LogP contribution in [0.25, 0.3) is 0 Å². The number of unbranched alkanes of at least 4 members (excludes halogenated alkanes) is 33. The van der Waals surface area contributed by atoms with Gasteiger partial charge in [-0.2, -0.15) is 0 Å². The Morgan fingerprint density at radius 3 is 1.01 bits per heavy atom. The van der Waals surface area contributed by atoms with Gasteiger partial charge in [0, 0.05) is 6.42 Å². The standard InChI is InChI=1S/C65H115NO3/c1-3-5-7-9-11-13-15-17-19-21-23-24-25-26-27-28-29-30-31-32-33-34-35-36-37-38-39-40-41-42-43-45-47-49-51-53-55-57-59-61-65(69)66-63(62-67)64(68)60-58-56-54-52-50-48-46-44-22-20-18-16-14-12-10-8-6-4-2/h5,7,11,13,17,19,23-24,26-27,29-30,50,52,58,60,63-64,67-68H,3-4,6,8-10,12,14-16,18,20-22,25,28,31-49,51,53-57,59,61-62H2,1-2H3,(H,66,69)/b7-5-,13-11-,19-17-,24-23-,27-26-,30-29-,52-50+,60-58+. The number of hydrogen-bond donors (Lipinski definition) is 3. The minimum Gasteiger partial charge on any atom is -0.394 e.